The van der Waals surface area contributed by atoms with Crippen molar-refractivity contribution in [3.8, 4) is 0 Å². The van der Waals surface area contributed by atoms with Crippen LogP contribution in [0.3, 0.4) is 0 Å². The first-order valence-corrected chi connectivity index (χ1v) is 6.88. The Morgan fingerprint density at radius 2 is 1.87 bits per heavy atom. The summed E-state index contributed by atoms with van der Waals surface area (Å²) in [4.78, 5) is 1.34. The van der Waals surface area contributed by atoms with Crippen molar-refractivity contribution in [3.05, 3.63) is 29.8 Å². The van der Waals surface area contributed by atoms with Crippen LogP contribution in [0.1, 0.15) is 25.8 Å². The van der Waals surface area contributed by atoms with Crippen LogP contribution in [-0.2, 0) is 6.42 Å². The average Bonchev–Trinajstić information content (AvgIpc) is 2.29. The summed E-state index contributed by atoms with van der Waals surface area (Å²) in [6, 6.07) is 9.52. The summed E-state index contributed by atoms with van der Waals surface area (Å²) in [5, 5.41) is 3.50. The summed E-state index contributed by atoms with van der Waals surface area (Å²) in [5.74, 6) is 0. The van der Waals surface area contributed by atoms with Crippen LogP contribution in [0.15, 0.2) is 29.2 Å². The smallest absolute Gasteiger partial charge is 0.0105 e. The number of thioether (sulfide) groups is 1. The molecule has 0 fully saturated rings. The Morgan fingerprint density at radius 3 is 2.33 bits per heavy atom. The van der Waals surface area contributed by atoms with Gasteiger partial charge in [-0.2, -0.15) is 0 Å². The van der Waals surface area contributed by atoms with E-state index in [-0.39, 0.29) is 0 Å². The largest absolute Gasteiger partial charge is 0.314 e. The first-order chi connectivity index (χ1) is 7.30. The molecule has 1 atom stereocenters. The van der Waals surface area contributed by atoms with E-state index >= 15 is 0 Å². The van der Waals surface area contributed by atoms with Gasteiger partial charge >= 0.3 is 0 Å². The summed E-state index contributed by atoms with van der Waals surface area (Å²) in [7, 11) is 0. The number of hydrogen-bond acceptors (Lipinski definition) is 2. The highest BCUT2D eigenvalue weighted by Crippen LogP contribution is 2.16. The zero-order chi connectivity index (χ0) is 11.1. The third-order valence-corrected chi connectivity index (χ3v) is 3.37. The minimum atomic E-state index is 0.620. The standard InChI is InChI=1S/C13H21NS/c1-4-12(14-5-2)10-11-6-8-13(15-3)9-7-11/h6-9,12,14H,4-5,10H2,1-3H3. The molecule has 0 saturated heterocycles. The van der Waals surface area contributed by atoms with E-state index in [9.17, 15) is 0 Å². The quantitative estimate of drug-likeness (QED) is 0.742. The molecule has 1 N–H and O–H groups in total. The Morgan fingerprint density at radius 1 is 1.20 bits per heavy atom. The molecule has 0 aliphatic carbocycles. The molecule has 84 valence electrons. The van der Waals surface area contributed by atoms with Crippen molar-refractivity contribution in [3.63, 3.8) is 0 Å². The zero-order valence-corrected chi connectivity index (χ0v) is 10.7. The van der Waals surface area contributed by atoms with E-state index in [4.69, 9.17) is 0 Å². The fourth-order valence-corrected chi connectivity index (χ4v) is 2.10. The van der Waals surface area contributed by atoms with E-state index in [1.165, 1.54) is 16.9 Å². The third kappa shape index (κ3) is 4.27. The van der Waals surface area contributed by atoms with Crippen molar-refractivity contribution >= 4 is 11.8 Å². The molecule has 0 amide bonds. The summed E-state index contributed by atoms with van der Waals surface area (Å²) in [6.07, 6.45) is 4.44. The normalized spacial score (nSPS) is 12.7. The van der Waals surface area contributed by atoms with E-state index < -0.39 is 0 Å². The highest BCUT2D eigenvalue weighted by molar-refractivity contribution is 7.98. The van der Waals surface area contributed by atoms with Gasteiger partial charge in [-0.1, -0.05) is 26.0 Å². The first kappa shape index (κ1) is 12.6. The van der Waals surface area contributed by atoms with Crippen LogP contribution in [0.25, 0.3) is 0 Å². The molecular weight excluding hydrogens is 202 g/mol. The Hall–Kier alpha value is -0.470. The maximum atomic E-state index is 3.50. The molecule has 1 rings (SSSR count). The van der Waals surface area contributed by atoms with Crippen molar-refractivity contribution in [2.75, 3.05) is 12.8 Å². The van der Waals surface area contributed by atoms with Crippen LogP contribution < -0.4 is 5.32 Å². The van der Waals surface area contributed by atoms with Crippen LogP contribution in [-0.4, -0.2) is 18.8 Å². The van der Waals surface area contributed by atoms with Gasteiger partial charge < -0.3 is 5.32 Å². The lowest BCUT2D eigenvalue weighted by atomic mass is 10.0. The van der Waals surface area contributed by atoms with Crippen molar-refractivity contribution in [1.29, 1.82) is 0 Å². The number of hydrogen-bond donors (Lipinski definition) is 1. The van der Waals surface area contributed by atoms with E-state index in [1.54, 1.807) is 11.8 Å². The van der Waals surface area contributed by atoms with E-state index in [2.05, 4.69) is 49.7 Å². The molecule has 0 aromatic heterocycles. The first-order valence-electron chi connectivity index (χ1n) is 5.66. The molecule has 0 aliphatic rings. The molecule has 0 spiro atoms. The minimum absolute atomic E-state index is 0.620. The molecule has 0 saturated carbocycles. The molecule has 0 radical (unpaired) electrons. The van der Waals surface area contributed by atoms with E-state index in [0.29, 0.717) is 6.04 Å². The van der Waals surface area contributed by atoms with E-state index in [0.717, 1.165) is 13.0 Å². The highest BCUT2D eigenvalue weighted by Gasteiger charge is 2.05. The minimum Gasteiger partial charge on any atom is -0.314 e. The summed E-state index contributed by atoms with van der Waals surface area (Å²) in [6.45, 7) is 5.46. The van der Waals surface area contributed by atoms with Gasteiger partial charge in [-0.05, 0) is 43.3 Å². The predicted molar refractivity (Wildman–Crippen MR) is 69.7 cm³/mol. The molecule has 0 aliphatic heterocycles. The van der Waals surface area contributed by atoms with Crippen LogP contribution in [0, 0.1) is 0 Å². The summed E-state index contributed by atoms with van der Waals surface area (Å²) in [5.41, 5.74) is 1.43. The molecule has 1 nitrogen and oxygen atoms in total. The fourth-order valence-electron chi connectivity index (χ4n) is 1.70. The number of rotatable bonds is 6. The van der Waals surface area contributed by atoms with Crippen LogP contribution in [0.5, 0.6) is 0 Å². The van der Waals surface area contributed by atoms with Gasteiger partial charge in [0.1, 0.15) is 0 Å². The van der Waals surface area contributed by atoms with E-state index in [1.807, 2.05) is 0 Å². The molecule has 1 unspecified atom stereocenters. The van der Waals surface area contributed by atoms with Crippen molar-refractivity contribution in [1.82, 2.24) is 5.32 Å². The number of benzene rings is 1. The maximum Gasteiger partial charge on any atom is 0.0105 e. The molecule has 0 heterocycles. The molecular formula is C13H21NS. The van der Waals surface area contributed by atoms with Gasteiger partial charge in [0, 0.05) is 10.9 Å². The molecule has 2 heteroatoms. The number of nitrogens with one attached hydrogen (secondary N) is 1. The van der Waals surface area contributed by atoms with Crippen LogP contribution in [0.4, 0.5) is 0 Å². The van der Waals surface area contributed by atoms with Gasteiger partial charge in [0.15, 0.2) is 0 Å². The Labute approximate surface area is 97.7 Å². The van der Waals surface area contributed by atoms with Gasteiger partial charge in [0.25, 0.3) is 0 Å². The van der Waals surface area contributed by atoms with Crippen LogP contribution >= 0.6 is 11.8 Å². The molecule has 0 bridgehead atoms. The van der Waals surface area contributed by atoms with Crippen molar-refractivity contribution < 1.29 is 0 Å². The van der Waals surface area contributed by atoms with Crippen molar-refractivity contribution in [2.45, 2.75) is 37.6 Å². The zero-order valence-electron chi connectivity index (χ0n) is 9.92. The number of likely N-dealkylation sites (N-methyl/N-ethyl adjacent to an activating group) is 1. The monoisotopic (exact) mass is 223 g/mol. The Bertz CT molecular complexity index is 268. The molecule has 1 aromatic rings. The van der Waals surface area contributed by atoms with Crippen molar-refractivity contribution in [2.24, 2.45) is 0 Å². The fraction of sp³-hybridized carbons (Fsp3) is 0.538. The predicted octanol–water partition coefficient (Wildman–Crippen LogP) is 3.34. The van der Waals surface area contributed by atoms with Gasteiger partial charge in [-0.15, -0.1) is 11.8 Å². The third-order valence-electron chi connectivity index (χ3n) is 2.63. The second-order valence-electron chi connectivity index (χ2n) is 3.72. The topological polar surface area (TPSA) is 12.0 Å². The summed E-state index contributed by atoms with van der Waals surface area (Å²) < 4.78 is 0. The molecule has 1 aromatic carbocycles. The Balaban J connectivity index is 2.55. The van der Waals surface area contributed by atoms with Crippen LogP contribution in [0.2, 0.25) is 0 Å². The Kier molecular flexibility index (Phi) is 5.81. The summed E-state index contributed by atoms with van der Waals surface area (Å²) >= 11 is 1.80. The second kappa shape index (κ2) is 6.91. The lowest BCUT2D eigenvalue weighted by Crippen LogP contribution is -2.30. The lowest BCUT2D eigenvalue weighted by Gasteiger charge is -2.15. The van der Waals surface area contributed by atoms with Gasteiger partial charge in [-0.3, -0.25) is 0 Å². The maximum absolute atomic E-state index is 3.50. The average molecular weight is 223 g/mol. The lowest BCUT2D eigenvalue weighted by molar-refractivity contribution is 0.510. The SMILES string of the molecule is CCNC(CC)Cc1ccc(SC)cc1. The van der Waals surface area contributed by atoms with Gasteiger partial charge in [0.05, 0.1) is 0 Å². The second-order valence-corrected chi connectivity index (χ2v) is 4.59. The molecule has 15 heavy (non-hydrogen) atoms. The highest BCUT2D eigenvalue weighted by atomic mass is 32.2. The van der Waals surface area contributed by atoms with Gasteiger partial charge in [-0.25, -0.2) is 0 Å². The van der Waals surface area contributed by atoms with Gasteiger partial charge in [0.2, 0.25) is 0 Å².